The zero-order valence-electron chi connectivity index (χ0n) is 13.0. The van der Waals surface area contributed by atoms with Crippen molar-refractivity contribution >= 4 is 34.3 Å². The van der Waals surface area contributed by atoms with Crippen molar-refractivity contribution in [2.75, 3.05) is 29.5 Å². The number of rotatable bonds is 6. The van der Waals surface area contributed by atoms with Crippen LogP contribution in [0, 0.1) is 0 Å². The molecule has 3 rings (SSSR count). The Kier molecular flexibility index (Phi) is 4.24. The number of hydrogen-bond donors (Lipinski definition) is 4. The molecule has 0 radical (unpaired) electrons. The molecule has 3 aromatic rings. The van der Waals surface area contributed by atoms with E-state index in [9.17, 15) is 0 Å². The fourth-order valence-electron chi connectivity index (χ4n) is 2.23. The Balaban J connectivity index is 2.02. The molecule has 6 N–H and O–H groups in total. The van der Waals surface area contributed by atoms with Crippen molar-refractivity contribution < 1.29 is 0 Å². The van der Waals surface area contributed by atoms with Gasteiger partial charge in [-0.3, -0.25) is 0 Å². The number of aryl methyl sites for hydroxylation is 1. The maximum Gasteiger partial charge on any atom is 0.226 e. The van der Waals surface area contributed by atoms with Gasteiger partial charge in [0.05, 0.1) is 6.33 Å². The Hall–Kier alpha value is -2.87. The van der Waals surface area contributed by atoms with Gasteiger partial charge in [0.2, 0.25) is 5.95 Å². The van der Waals surface area contributed by atoms with E-state index < -0.39 is 0 Å². The summed E-state index contributed by atoms with van der Waals surface area (Å²) in [5, 5.41) is 6.39. The number of anilines is 4. The quantitative estimate of drug-likeness (QED) is 0.510. The van der Waals surface area contributed by atoms with Gasteiger partial charge in [0.1, 0.15) is 0 Å². The lowest BCUT2D eigenvalue weighted by Gasteiger charge is -2.10. The third kappa shape index (κ3) is 3.16. The molecule has 0 aliphatic heterocycles. The fraction of sp³-hybridized carbons (Fsp3) is 0.267. The van der Waals surface area contributed by atoms with Gasteiger partial charge in [0.25, 0.3) is 0 Å². The van der Waals surface area contributed by atoms with E-state index in [2.05, 4.69) is 25.6 Å². The SMILES string of the molecule is CCn1cnc2c(Nc3ccc(N)cc3)nc(NCCN)nc21. The van der Waals surface area contributed by atoms with Crippen LogP contribution in [-0.4, -0.2) is 32.6 Å². The first-order valence-corrected chi connectivity index (χ1v) is 7.50. The molecule has 0 atom stereocenters. The molecule has 2 heterocycles. The topological polar surface area (TPSA) is 120 Å². The van der Waals surface area contributed by atoms with Gasteiger partial charge < -0.3 is 26.7 Å². The summed E-state index contributed by atoms with van der Waals surface area (Å²) in [4.78, 5) is 13.5. The van der Waals surface area contributed by atoms with Gasteiger partial charge in [-0.25, -0.2) is 4.98 Å². The second-order valence-corrected chi connectivity index (χ2v) is 5.06. The first-order valence-electron chi connectivity index (χ1n) is 7.50. The molecule has 23 heavy (non-hydrogen) atoms. The lowest BCUT2D eigenvalue weighted by Crippen LogP contribution is -2.15. The fourth-order valence-corrected chi connectivity index (χ4v) is 2.23. The van der Waals surface area contributed by atoms with Crippen LogP contribution in [0.25, 0.3) is 11.2 Å². The molecule has 8 nitrogen and oxygen atoms in total. The Bertz CT molecular complexity index is 793. The third-order valence-electron chi connectivity index (χ3n) is 3.41. The number of aromatic nitrogens is 4. The summed E-state index contributed by atoms with van der Waals surface area (Å²) in [6.45, 7) is 3.94. The van der Waals surface area contributed by atoms with Crippen LogP contribution >= 0.6 is 0 Å². The van der Waals surface area contributed by atoms with Gasteiger partial charge in [-0.1, -0.05) is 0 Å². The molecule has 0 saturated carbocycles. The smallest absolute Gasteiger partial charge is 0.226 e. The van der Waals surface area contributed by atoms with Crippen LogP contribution in [0.1, 0.15) is 6.92 Å². The Labute approximate surface area is 133 Å². The average molecular weight is 312 g/mol. The maximum absolute atomic E-state index is 5.72. The highest BCUT2D eigenvalue weighted by Crippen LogP contribution is 2.24. The predicted octanol–water partition coefficient (Wildman–Crippen LogP) is 1.54. The van der Waals surface area contributed by atoms with Gasteiger partial charge in [0, 0.05) is 31.0 Å². The maximum atomic E-state index is 5.72. The van der Waals surface area contributed by atoms with Crippen LogP contribution in [-0.2, 0) is 6.54 Å². The van der Waals surface area contributed by atoms with E-state index in [4.69, 9.17) is 11.5 Å². The van der Waals surface area contributed by atoms with Gasteiger partial charge >= 0.3 is 0 Å². The van der Waals surface area contributed by atoms with Crippen LogP contribution in [0.2, 0.25) is 0 Å². The number of nitrogen functional groups attached to an aromatic ring is 1. The highest BCUT2D eigenvalue weighted by atomic mass is 15.2. The number of nitrogens with two attached hydrogens (primary N) is 2. The Morgan fingerprint density at radius 2 is 1.96 bits per heavy atom. The Morgan fingerprint density at radius 1 is 1.17 bits per heavy atom. The highest BCUT2D eigenvalue weighted by molar-refractivity contribution is 5.86. The second kappa shape index (κ2) is 6.49. The predicted molar refractivity (Wildman–Crippen MR) is 92.7 cm³/mol. The number of nitrogens with zero attached hydrogens (tertiary/aromatic N) is 4. The number of nitrogens with one attached hydrogen (secondary N) is 2. The van der Waals surface area contributed by atoms with E-state index in [1.807, 2.05) is 35.8 Å². The van der Waals surface area contributed by atoms with Crippen LogP contribution < -0.4 is 22.1 Å². The molecule has 0 aliphatic carbocycles. The molecule has 0 amide bonds. The zero-order valence-corrected chi connectivity index (χ0v) is 13.0. The van der Waals surface area contributed by atoms with Crippen LogP contribution in [0.4, 0.5) is 23.1 Å². The van der Waals surface area contributed by atoms with E-state index in [1.165, 1.54) is 0 Å². The van der Waals surface area contributed by atoms with Crippen molar-refractivity contribution in [2.45, 2.75) is 13.5 Å². The summed E-state index contributed by atoms with van der Waals surface area (Å²) in [7, 11) is 0. The molecule has 8 heteroatoms. The van der Waals surface area contributed by atoms with Gasteiger partial charge in [-0.15, -0.1) is 0 Å². The molecule has 0 saturated heterocycles. The highest BCUT2D eigenvalue weighted by Gasteiger charge is 2.13. The first-order chi connectivity index (χ1) is 11.2. The van der Waals surface area contributed by atoms with Crippen molar-refractivity contribution in [3.63, 3.8) is 0 Å². The van der Waals surface area contributed by atoms with Crippen LogP contribution in [0.5, 0.6) is 0 Å². The minimum absolute atomic E-state index is 0.509. The standard InChI is InChI=1S/C15H20N8/c1-2-23-9-19-12-13(20-11-5-3-10(17)4-6-11)21-15(18-8-7-16)22-14(12)23/h3-6,9H,2,7-8,16-17H2,1H3,(H2,18,20,21,22). The summed E-state index contributed by atoms with van der Waals surface area (Å²) < 4.78 is 1.97. The van der Waals surface area contributed by atoms with Crippen molar-refractivity contribution in [1.82, 2.24) is 19.5 Å². The normalized spacial score (nSPS) is 10.9. The number of hydrogen-bond acceptors (Lipinski definition) is 7. The van der Waals surface area contributed by atoms with E-state index in [1.54, 1.807) is 6.33 Å². The van der Waals surface area contributed by atoms with Gasteiger partial charge in [-0.05, 0) is 31.2 Å². The zero-order chi connectivity index (χ0) is 16.2. The van der Waals surface area contributed by atoms with Gasteiger partial charge in [0.15, 0.2) is 17.0 Å². The molecule has 1 aromatic carbocycles. The van der Waals surface area contributed by atoms with Crippen molar-refractivity contribution in [3.05, 3.63) is 30.6 Å². The molecule has 2 aromatic heterocycles. The summed E-state index contributed by atoms with van der Waals surface area (Å²) in [5.41, 5.74) is 14.4. The molecular weight excluding hydrogens is 292 g/mol. The van der Waals surface area contributed by atoms with E-state index in [-0.39, 0.29) is 0 Å². The third-order valence-corrected chi connectivity index (χ3v) is 3.41. The summed E-state index contributed by atoms with van der Waals surface area (Å²) >= 11 is 0. The first kappa shape index (κ1) is 15.0. The summed E-state index contributed by atoms with van der Waals surface area (Å²) in [6.07, 6.45) is 1.76. The monoisotopic (exact) mass is 312 g/mol. The molecule has 0 fully saturated rings. The number of benzene rings is 1. The van der Waals surface area contributed by atoms with Crippen molar-refractivity contribution in [3.8, 4) is 0 Å². The summed E-state index contributed by atoms with van der Waals surface area (Å²) in [5.74, 6) is 1.17. The van der Waals surface area contributed by atoms with Crippen molar-refractivity contribution in [2.24, 2.45) is 5.73 Å². The number of imidazole rings is 1. The minimum Gasteiger partial charge on any atom is -0.399 e. The molecule has 0 aliphatic rings. The minimum atomic E-state index is 0.509. The Morgan fingerprint density at radius 3 is 2.65 bits per heavy atom. The average Bonchev–Trinajstić information content (AvgIpc) is 2.98. The molecule has 0 bridgehead atoms. The molecule has 120 valence electrons. The van der Waals surface area contributed by atoms with Gasteiger partial charge in [-0.2, -0.15) is 9.97 Å². The molecular formula is C15H20N8. The lowest BCUT2D eigenvalue weighted by atomic mass is 10.3. The second-order valence-electron chi connectivity index (χ2n) is 5.06. The largest absolute Gasteiger partial charge is 0.399 e. The molecule has 0 unspecified atom stereocenters. The van der Waals surface area contributed by atoms with Crippen molar-refractivity contribution in [1.29, 1.82) is 0 Å². The summed E-state index contributed by atoms with van der Waals surface area (Å²) in [6, 6.07) is 7.46. The molecule has 0 spiro atoms. The van der Waals surface area contributed by atoms with E-state index >= 15 is 0 Å². The van der Waals surface area contributed by atoms with E-state index in [0.717, 1.165) is 23.4 Å². The van der Waals surface area contributed by atoms with E-state index in [0.29, 0.717) is 30.5 Å². The van der Waals surface area contributed by atoms with Crippen LogP contribution in [0.3, 0.4) is 0 Å². The lowest BCUT2D eigenvalue weighted by molar-refractivity contribution is 0.777. The number of fused-ring (bicyclic) bond motifs is 1. The van der Waals surface area contributed by atoms with Crippen LogP contribution in [0.15, 0.2) is 30.6 Å².